The van der Waals surface area contributed by atoms with Gasteiger partial charge in [-0.2, -0.15) is 0 Å². The molecule has 0 atom stereocenters. The molecule has 0 bridgehead atoms. The molecule has 1 aromatic heterocycles. The first-order valence-electron chi connectivity index (χ1n) is 5.73. The van der Waals surface area contributed by atoms with Gasteiger partial charge in [-0.05, 0) is 24.3 Å². The molecule has 8 heteroatoms. The van der Waals surface area contributed by atoms with Crippen LogP contribution in [0.3, 0.4) is 0 Å². The van der Waals surface area contributed by atoms with Gasteiger partial charge in [0, 0.05) is 17.7 Å². The summed E-state index contributed by atoms with van der Waals surface area (Å²) in [5, 5.41) is 21.7. The second-order valence-corrected chi connectivity index (χ2v) is 3.97. The number of benzene rings is 1. The van der Waals surface area contributed by atoms with Crippen molar-refractivity contribution in [1.82, 2.24) is 4.98 Å². The van der Waals surface area contributed by atoms with Crippen LogP contribution >= 0.6 is 0 Å². The number of anilines is 1. The van der Waals surface area contributed by atoms with Gasteiger partial charge < -0.3 is 10.4 Å². The molecule has 106 valence electrons. The average Bonchev–Trinajstić information content (AvgIpc) is 2.47. The fraction of sp³-hybridized carbons (Fsp3) is 0. The van der Waals surface area contributed by atoms with E-state index in [-0.39, 0.29) is 22.8 Å². The number of amides is 1. The molecule has 1 amide bonds. The van der Waals surface area contributed by atoms with Crippen molar-refractivity contribution in [3.63, 3.8) is 0 Å². The van der Waals surface area contributed by atoms with Crippen LogP contribution < -0.4 is 5.32 Å². The molecule has 2 aromatic rings. The highest BCUT2D eigenvalue weighted by molar-refractivity contribution is 6.04. The smallest absolute Gasteiger partial charge is 0.354 e. The van der Waals surface area contributed by atoms with E-state index in [0.29, 0.717) is 0 Å². The number of carbonyl (C=O) groups excluding carboxylic acids is 1. The van der Waals surface area contributed by atoms with Gasteiger partial charge >= 0.3 is 5.97 Å². The molecule has 0 spiro atoms. The van der Waals surface area contributed by atoms with Crippen molar-refractivity contribution in [2.24, 2.45) is 0 Å². The van der Waals surface area contributed by atoms with Crippen molar-refractivity contribution in [1.29, 1.82) is 0 Å². The number of non-ortho nitro benzene ring substituents is 1. The van der Waals surface area contributed by atoms with Crippen LogP contribution in [0.5, 0.6) is 0 Å². The fourth-order valence-corrected chi connectivity index (χ4v) is 1.55. The predicted octanol–water partition coefficient (Wildman–Crippen LogP) is 1.94. The third-order valence-corrected chi connectivity index (χ3v) is 2.55. The summed E-state index contributed by atoms with van der Waals surface area (Å²) in [7, 11) is 0. The normalized spacial score (nSPS) is 9.90. The topological polar surface area (TPSA) is 122 Å². The molecule has 0 fully saturated rings. The highest BCUT2D eigenvalue weighted by Crippen LogP contribution is 2.13. The third kappa shape index (κ3) is 3.38. The molecule has 0 saturated carbocycles. The SMILES string of the molecule is O=C(Nc1cccc(C(=O)O)n1)c1ccc([N+](=O)[O-])cc1. The van der Waals surface area contributed by atoms with Crippen molar-refractivity contribution in [2.75, 3.05) is 5.32 Å². The maximum absolute atomic E-state index is 11.9. The molecule has 2 rings (SSSR count). The van der Waals surface area contributed by atoms with E-state index in [1.54, 1.807) is 0 Å². The Labute approximate surface area is 118 Å². The Kier molecular flexibility index (Phi) is 3.89. The molecule has 1 heterocycles. The van der Waals surface area contributed by atoms with Crippen molar-refractivity contribution in [3.8, 4) is 0 Å². The zero-order valence-corrected chi connectivity index (χ0v) is 10.5. The van der Waals surface area contributed by atoms with Gasteiger partial charge in [0.2, 0.25) is 0 Å². The first kappa shape index (κ1) is 14.1. The minimum absolute atomic E-state index is 0.0817. The maximum atomic E-state index is 11.9. The number of nitro groups is 1. The van der Waals surface area contributed by atoms with E-state index in [0.717, 1.165) is 0 Å². The zero-order chi connectivity index (χ0) is 15.4. The highest BCUT2D eigenvalue weighted by Gasteiger charge is 2.11. The van der Waals surface area contributed by atoms with Crippen LogP contribution in [-0.2, 0) is 0 Å². The van der Waals surface area contributed by atoms with Crippen molar-refractivity contribution in [2.45, 2.75) is 0 Å². The Bertz CT molecular complexity index is 712. The summed E-state index contributed by atoms with van der Waals surface area (Å²) >= 11 is 0. The van der Waals surface area contributed by atoms with Crippen molar-refractivity contribution in [3.05, 3.63) is 63.8 Å². The summed E-state index contributed by atoms with van der Waals surface area (Å²) in [6.45, 7) is 0. The van der Waals surface area contributed by atoms with Gasteiger partial charge in [-0.1, -0.05) is 6.07 Å². The number of nitrogens with zero attached hydrogens (tertiary/aromatic N) is 2. The monoisotopic (exact) mass is 287 g/mol. The van der Waals surface area contributed by atoms with Gasteiger partial charge in [-0.3, -0.25) is 14.9 Å². The van der Waals surface area contributed by atoms with Gasteiger partial charge in [-0.15, -0.1) is 0 Å². The summed E-state index contributed by atoms with van der Waals surface area (Å²) in [6.07, 6.45) is 0. The second kappa shape index (κ2) is 5.78. The van der Waals surface area contributed by atoms with Gasteiger partial charge in [0.15, 0.2) is 5.69 Å². The highest BCUT2D eigenvalue weighted by atomic mass is 16.6. The van der Waals surface area contributed by atoms with Crippen LogP contribution in [0.2, 0.25) is 0 Å². The molecule has 2 N–H and O–H groups in total. The minimum atomic E-state index is -1.21. The Morgan fingerprint density at radius 1 is 1.14 bits per heavy atom. The second-order valence-electron chi connectivity index (χ2n) is 3.97. The molecule has 0 unspecified atom stereocenters. The lowest BCUT2D eigenvalue weighted by Gasteiger charge is -2.05. The number of aromatic carboxylic acids is 1. The molecule has 0 aliphatic rings. The zero-order valence-electron chi connectivity index (χ0n) is 10.5. The summed E-state index contributed by atoms with van der Waals surface area (Å²) < 4.78 is 0. The molecular weight excluding hydrogens is 278 g/mol. The van der Waals surface area contributed by atoms with E-state index >= 15 is 0 Å². The maximum Gasteiger partial charge on any atom is 0.354 e. The molecule has 8 nitrogen and oxygen atoms in total. The lowest BCUT2D eigenvalue weighted by Crippen LogP contribution is -2.14. The number of hydrogen-bond donors (Lipinski definition) is 2. The number of pyridine rings is 1. The number of carboxylic acid groups (broad SMARTS) is 1. The standard InChI is InChI=1S/C13H9N3O5/c17-12(8-4-6-9(7-5-8)16(20)21)15-11-3-1-2-10(14-11)13(18)19/h1-7H,(H,18,19)(H,14,15,17). The molecule has 0 saturated heterocycles. The van der Waals surface area contributed by atoms with E-state index in [1.807, 2.05) is 0 Å². The van der Waals surface area contributed by atoms with E-state index in [4.69, 9.17) is 5.11 Å². The van der Waals surface area contributed by atoms with E-state index in [9.17, 15) is 19.7 Å². The van der Waals surface area contributed by atoms with E-state index in [2.05, 4.69) is 10.3 Å². The Balaban J connectivity index is 2.16. The van der Waals surface area contributed by atoms with E-state index in [1.165, 1.54) is 42.5 Å². The molecule has 0 aliphatic heterocycles. The van der Waals surface area contributed by atoms with Gasteiger partial charge in [-0.25, -0.2) is 9.78 Å². The summed E-state index contributed by atoms with van der Waals surface area (Å²) in [6, 6.07) is 9.19. The molecule has 0 aliphatic carbocycles. The Hall–Kier alpha value is -3.29. The van der Waals surface area contributed by atoms with Crippen molar-refractivity contribution < 1.29 is 19.6 Å². The third-order valence-electron chi connectivity index (χ3n) is 2.55. The molecular formula is C13H9N3O5. The van der Waals surface area contributed by atoms with Gasteiger partial charge in [0.05, 0.1) is 4.92 Å². The first-order valence-corrected chi connectivity index (χ1v) is 5.73. The molecule has 1 aromatic carbocycles. The summed E-state index contributed by atoms with van der Waals surface area (Å²) in [5.74, 6) is -1.67. The Morgan fingerprint density at radius 3 is 2.38 bits per heavy atom. The number of aromatic nitrogens is 1. The van der Waals surface area contributed by atoms with Crippen LogP contribution in [0.25, 0.3) is 0 Å². The predicted molar refractivity (Wildman–Crippen MR) is 72.2 cm³/mol. The van der Waals surface area contributed by atoms with Crippen LogP contribution in [0.4, 0.5) is 11.5 Å². The lowest BCUT2D eigenvalue weighted by atomic mass is 10.2. The van der Waals surface area contributed by atoms with E-state index < -0.39 is 16.8 Å². The fourth-order valence-electron chi connectivity index (χ4n) is 1.55. The Morgan fingerprint density at radius 2 is 1.81 bits per heavy atom. The van der Waals surface area contributed by atoms with Crippen molar-refractivity contribution >= 4 is 23.4 Å². The number of carbonyl (C=O) groups is 2. The van der Waals surface area contributed by atoms with Gasteiger partial charge in [0.25, 0.3) is 11.6 Å². The first-order chi connectivity index (χ1) is 9.97. The molecule has 21 heavy (non-hydrogen) atoms. The van der Waals surface area contributed by atoms with Crippen LogP contribution in [0, 0.1) is 10.1 Å². The minimum Gasteiger partial charge on any atom is -0.477 e. The molecule has 0 radical (unpaired) electrons. The van der Waals surface area contributed by atoms with Crippen LogP contribution in [0.1, 0.15) is 20.8 Å². The van der Waals surface area contributed by atoms with Gasteiger partial charge in [0.1, 0.15) is 5.82 Å². The summed E-state index contributed by atoms with van der Waals surface area (Å²) in [5.41, 5.74) is -0.128. The lowest BCUT2D eigenvalue weighted by molar-refractivity contribution is -0.384. The number of nitro benzene ring substituents is 1. The number of nitrogens with one attached hydrogen (secondary N) is 1. The largest absolute Gasteiger partial charge is 0.477 e. The number of hydrogen-bond acceptors (Lipinski definition) is 5. The van der Waals surface area contributed by atoms with Crippen LogP contribution in [-0.4, -0.2) is 26.9 Å². The summed E-state index contributed by atoms with van der Waals surface area (Å²) in [4.78, 5) is 36.4. The number of carboxylic acids is 1. The van der Waals surface area contributed by atoms with Crippen LogP contribution in [0.15, 0.2) is 42.5 Å². The quantitative estimate of drug-likeness (QED) is 0.654. The number of rotatable bonds is 4. The average molecular weight is 287 g/mol.